The van der Waals surface area contributed by atoms with E-state index in [1.807, 2.05) is 0 Å². The predicted octanol–water partition coefficient (Wildman–Crippen LogP) is 4.32. The van der Waals surface area contributed by atoms with E-state index in [-0.39, 0.29) is 23.7 Å². The average Bonchev–Trinajstić information content (AvgIpc) is 2.46. The highest BCUT2D eigenvalue weighted by atomic mass is 79.9. The second-order valence-electron chi connectivity index (χ2n) is 6.37. The summed E-state index contributed by atoms with van der Waals surface area (Å²) in [6.07, 6.45) is 8.48. The molecule has 3 nitrogen and oxygen atoms in total. The fraction of sp³-hybridized carbons (Fsp3) is 0.611. The van der Waals surface area contributed by atoms with E-state index in [1.54, 1.807) is 0 Å². The number of hydrogen-bond acceptors (Lipinski definition) is 2. The fourth-order valence-electron chi connectivity index (χ4n) is 3.13. The van der Waals surface area contributed by atoms with Crippen molar-refractivity contribution in [2.45, 2.75) is 56.8 Å². The van der Waals surface area contributed by atoms with Gasteiger partial charge >= 0.3 is 0 Å². The minimum absolute atomic E-state index is 0. The molecule has 23 heavy (non-hydrogen) atoms. The number of amides is 1. The number of hydrogen-bond donors (Lipinski definition) is 2. The Labute approximate surface area is 154 Å². The SMILES string of the molecule is Cl.NCCCCCCC(=O)NCC1(c2cccc(Br)c2)CCC1. The first-order valence-corrected chi connectivity index (χ1v) is 9.18. The van der Waals surface area contributed by atoms with Crippen molar-refractivity contribution < 1.29 is 4.79 Å². The predicted molar refractivity (Wildman–Crippen MR) is 102 cm³/mol. The number of halogens is 2. The Morgan fingerprint density at radius 1 is 1.22 bits per heavy atom. The summed E-state index contributed by atoms with van der Waals surface area (Å²) < 4.78 is 1.11. The molecule has 2 rings (SSSR count). The molecular formula is C18H28BrClN2O. The highest BCUT2D eigenvalue weighted by molar-refractivity contribution is 9.10. The fourth-order valence-corrected chi connectivity index (χ4v) is 3.53. The smallest absolute Gasteiger partial charge is 0.220 e. The molecule has 1 amide bonds. The van der Waals surface area contributed by atoms with Crippen LogP contribution >= 0.6 is 28.3 Å². The highest BCUT2D eigenvalue weighted by Crippen LogP contribution is 2.43. The first kappa shape index (κ1) is 20.5. The quantitative estimate of drug-likeness (QED) is 0.603. The van der Waals surface area contributed by atoms with Gasteiger partial charge in [-0.25, -0.2) is 0 Å². The van der Waals surface area contributed by atoms with Crippen molar-refractivity contribution in [1.29, 1.82) is 0 Å². The maximum atomic E-state index is 12.0. The van der Waals surface area contributed by atoms with Crippen LogP contribution in [0.3, 0.4) is 0 Å². The molecule has 0 atom stereocenters. The van der Waals surface area contributed by atoms with Crippen LogP contribution in [0.25, 0.3) is 0 Å². The Kier molecular flexibility index (Phi) is 9.18. The number of rotatable bonds is 9. The zero-order valence-corrected chi connectivity index (χ0v) is 16.1. The summed E-state index contributed by atoms with van der Waals surface area (Å²) in [5.74, 6) is 0.189. The summed E-state index contributed by atoms with van der Waals surface area (Å²) in [6, 6.07) is 8.51. The number of carbonyl (C=O) groups is 1. The average molecular weight is 404 g/mol. The summed E-state index contributed by atoms with van der Waals surface area (Å²) in [4.78, 5) is 12.0. The number of nitrogens with one attached hydrogen (secondary N) is 1. The summed E-state index contributed by atoms with van der Waals surface area (Å²) in [7, 11) is 0. The number of unbranched alkanes of at least 4 members (excludes halogenated alkanes) is 3. The highest BCUT2D eigenvalue weighted by Gasteiger charge is 2.38. The lowest BCUT2D eigenvalue weighted by Gasteiger charge is -2.42. The van der Waals surface area contributed by atoms with Gasteiger partial charge in [-0.05, 0) is 49.9 Å². The molecule has 3 N–H and O–H groups in total. The molecule has 0 radical (unpaired) electrons. The lowest BCUT2D eigenvalue weighted by Crippen LogP contribution is -2.45. The van der Waals surface area contributed by atoms with E-state index < -0.39 is 0 Å². The first-order chi connectivity index (χ1) is 10.7. The lowest BCUT2D eigenvalue weighted by atomic mass is 9.64. The van der Waals surface area contributed by atoms with Crippen molar-refractivity contribution in [3.63, 3.8) is 0 Å². The Morgan fingerprint density at radius 2 is 1.96 bits per heavy atom. The minimum atomic E-state index is 0. The van der Waals surface area contributed by atoms with Gasteiger partial charge in [-0.3, -0.25) is 4.79 Å². The van der Waals surface area contributed by atoms with Crippen LogP contribution in [0.4, 0.5) is 0 Å². The van der Waals surface area contributed by atoms with E-state index in [0.717, 1.165) is 43.2 Å². The van der Waals surface area contributed by atoms with Gasteiger partial charge in [-0.15, -0.1) is 12.4 Å². The van der Waals surface area contributed by atoms with Crippen LogP contribution in [0.2, 0.25) is 0 Å². The van der Waals surface area contributed by atoms with Gasteiger partial charge in [0.25, 0.3) is 0 Å². The third-order valence-electron chi connectivity index (χ3n) is 4.73. The van der Waals surface area contributed by atoms with Crippen LogP contribution in [0.1, 0.15) is 56.9 Å². The molecule has 0 saturated heterocycles. The van der Waals surface area contributed by atoms with E-state index in [9.17, 15) is 4.79 Å². The van der Waals surface area contributed by atoms with Gasteiger partial charge in [-0.1, -0.05) is 47.3 Å². The molecule has 0 spiro atoms. The molecule has 1 aromatic carbocycles. The zero-order valence-electron chi connectivity index (χ0n) is 13.7. The van der Waals surface area contributed by atoms with Crippen LogP contribution < -0.4 is 11.1 Å². The van der Waals surface area contributed by atoms with Crippen molar-refractivity contribution in [3.05, 3.63) is 34.3 Å². The molecule has 1 aliphatic carbocycles. The third kappa shape index (κ3) is 6.09. The van der Waals surface area contributed by atoms with Gasteiger partial charge in [0, 0.05) is 22.9 Å². The number of benzene rings is 1. The molecule has 1 aliphatic rings. The van der Waals surface area contributed by atoms with Crippen molar-refractivity contribution >= 4 is 34.2 Å². The molecule has 0 aliphatic heterocycles. The van der Waals surface area contributed by atoms with Gasteiger partial charge in [0.05, 0.1) is 0 Å². The molecule has 1 saturated carbocycles. The van der Waals surface area contributed by atoms with Crippen LogP contribution in [0.15, 0.2) is 28.7 Å². The normalized spacial score (nSPS) is 15.4. The van der Waals surface area contributed by atoms with Crippen LogP contribution in [0, 0.1) is 0 Å². The van der Waals surface area contributed by atoms with E-state index in [0.29, 0.717) is 6.42 Å². The van der Waals surface area contributed by atoms with Crippen molar-refractivity contribution in [2.75, 3.05) is 13.1 Å². The van der Waals surface area contributed by atoms with E-state index in [1.165, 1.54) is 24.8 Å². The molecular weight excluding hydrogens is 376 g/mol. The Bertz CT molecular complexity index is 492. The third-order valence-corrected chi connectivity index (χ3v) is 5.22. The molecule has 0 aromatic heterocycles. The molecule has 0 bridgehead atoms. The summed E-state index contributed by atoms with van der Waals surface area (Å²) in [5, 5.41) is 3.16. The van der Waals surface area contributed by atoms with Crippen LogP contribution in [-0.4, -0.2) is 19.0 Å². The van der Waals surface area contributed by atoms with Crippen molar-refractivity contribution in [3.8, 4) is 0 Å². The molecule has 5 heteroatoms. The van der Waals surface area contributed by atoms with Crippen LogP contribution in [-0.2, 0) is 10.2 Å². The molecule has 1 aromatic rings. The Balaban J connectivity index is 0.00000264. The second kappa shape index (κ2) is 10.3. The topological polar surface area (TPSA) is 55.1 Å². The van der Waals surface area contributed by atoms with E-state index >= 15 is 0 Å². The zero-order chi connectivity index (χ0) is 15.8. The maximum Gasteiger partial charge on any atom is 0.220 e. The molecule has 0 heterocycles. The van der Waals surface area contributed by atoms with Gasteiger partial charge in [0.2, 0.25) is 5.91 Å². The van der Waals surface area contributed by atoms with Gasteiger partial charge in [-0.2, -0.15) is 0 Å². The van der Waals surface area contributed by atoms with Crippen LogP contribution in [0.5, 0.6) is 0 Å². The van der Waals surface area contributed by atoms with Crippen molar-refractivity contribution in [2.24, 2.45) is 5.73 Å². The van der Waals surface area contributed by atoms with E-state index in [2.05, 4.69) is 45.5 Å². The largest absolute Gasteiger partial charge is 0.355 e. The minimum Gasteiger partial charge on any atom is -0.355 e. The lowest BCUT2D eigenvalue weighted by molar-refractivity contribution is -0.121. The number of nitrogens with two attached hydrogens (primary N) is 1. The molecule has 1 fully saturated rings. The maximum absolute atomic E-state index is 12.0. The summed E-state index contributed by atoms with van der Waals surface area (Å²) in [5.41, 5.74) is 6.97. The van der Waals surface area contributed by atoms with Gasteiger partial charge in [0.15, 0.2) is 0 Å². The first-order valence-electron chi connectivity index (χ1n) is 8.39. The number of carbonyl (C=O) groups excluding carboxylic acids is 1. The molecule has 130 valence electrons. The van der Waals surface area contributed by atoms with E-state index in [4.69, 9.17) is 5.73 Å². The Hall–Kier alpha value is -0.580. The van der Waals surface area contributed by atoms with Gasteiger partial charge < -0.3 is 11.1 Å². The van der Waals surface area contributed by atoms with Crippen molar-refractivity contribution in [1.82, 2.24) is 5.32 Å². The summed E-state index contributed by atoms with van der Waals surface area (Å²) >= 11 is 3.55. The monoisotopic (exact) mass is 402 g/mol. The summed E-state index contributed by atoms with van der Waals surface area (Å²) in [6.45, 7) is 1.52. The second-order valence-corrected chi connectivity index (χ2v) is 7.29. The Morgan fingerprint density at radius 3 is 2.57 bits per heavy atom. The molecule has 0 unspecified atom stereocenters. The van der Waals surface area contributed by atoms with Gasteiger partial charge in [0.1, 0.15) is 0 Å². The standard InChI is InChI=1S/C18H27BrN2O.ClH/c19-16-8-5-7-15(13-16)18(10-6-11-18)14-21-17(22)9-3-1-2-4-12-20;/h5,7-8,13H,1-4,6,9-12,14,20H2,(H,21,22);1H.